The summed E-state index contributed by atoms with van der Waals surface area (Å²) in [6, 6.07) is -1.01. The van der Waals surface area contributed by atoms with Gasteiger partial charge in [0.15, 0.2) is 10.9 Å². The molecule has 0 radical (unpaired) electrons. The zero-order valence-electron chi connectivity index (χ0n) is 9.10. The van der Waals surface area contributed by atoms with E-state index in [4.69, 9.17) is 16.7 Å². The van der Waals surface area contributed by atoms with E-state index in [2.05, 4.69) is 15.3 Å². The zero-order chi connectivity index (χ0) is 13.0. The summed E-state index contributed by atoms with van der Waals surface area (Å²) in [6.07, 6.45) is 3.06. The number of hydrogen-bond donors (Lipinski definition) is 2. The fourth-order valence-corrected chi connectivity index (χ4v) is 1.45. The third-order valence-electron chi connectivity index (χ3n) is 1.84. The Bertz CT molecular complexity index is 455. The molecule has 1 aromatic heterocycles. The van der Waals surface area contributed by atoms with Gasteiger partial charge in [-0.05, 0) is 13.2 Å². The first-order valence-electron chi connectivity index (χ1n) is 4.56. The predicted octanol–water partition coefficient (Wildman–Crippen LogP) is 1.05. The van der Waals surface area contributed by atoms with E-state index in [1.807, 2.05) is 0 Å². The number of aliphatic carboxylic acids is 1. The molecular formula is C9H10ClN3O3S. The second-order valence-corrected chi connectivity index (χ2v) is 4.27. The molecule has 0 bridgehead atoms. The highest BCUT2D eigenvalue weighted by Crippen LogP contribution is 2.16. The minimum Gasteiger partial charge on any atom is -0.480 e. The van der Waals surface area contributed by atoms with Crippen LogP contribution in [0.5, 0.6) is 0 Å². The number of nitrogens with zero attached hydrogens (tertiary/aromatic N) is 2. The van der Waals surface area contributed by atoms with Crippen molar-refractivity contribution < 1.29 is 14.7 Å². The lowest BCUT2D eigenvalue weighted by molar-refractivity contribution is -0.138. The molecular weight excluding hydrogens is 266 g/mol. The lowest BCUT2D eigenvalue weighted by Gasteiger charge is -2.09. The number of carboxylic acids is 1. The maximum atomic E-state index is 11.7. The molecule has 0 saturated carbocycles. The summed E-state index contributed by atoms with van der Waals surface area (Å²) in [7, 11) is 0. The number of halogens is 1. The number of thioether (sulfide) groups is 1. The van der Waals surface area contributed by atoms with Gasteiger partial charge in [-0.15, -0.1) is 0 Å². The number of rotatable bonds is 4. The lowest BCUT2D eigenvalue weighted by atomic mass is 10.3. The molecule has 1 amide bonds. The van der Waals surface area contributed by atoms with Crippen molar-refractivity contribution in [3.8, 4) is 0 Å². The van der Waals surface area contributed by atoms with Crippen LogP contribution in [-0.4, -0.2) is 39.2 Å². The van der Waals surface area contributed by atoms with E-state index in [1.165, 1.54) is 24.9 Å². The van der Waals surface area contributed by atoms with E-state index < -0.39 is 17.9 Å². The van der Waals surface area contributed by atoms with Crippen LogP contribution in [0.1, 0.15) is 17.4 Å². The largest absolute Gasteiger partial charge is 0.480 e. The van der Waals surface area contributed by atoms with Gasteiger partial charge in [-0.3, -0.25) is 9.59 Å². The molecule has 17 heavy (non-hydrogen) atoms. The van der Waals surface area contributed by atoms with E-state index in [0.29, 0.717) is 5.16 Å². The summed E-state index contributed by atoms with van der Waals surface area (Å²) in [5.74, 6) is -1.77. The Morgan fingerprint density at radius 1 is 1.59 bits per heavy atom. The van der Waals surface area contributed by atoms with Crippen molar-refractivity contribution in [1.82, 2.24) is 15.3 Å². The molecule has 0 aliphatic heterocycles. The van der Waals surface area contributed by atoms with Crippen LogP contribution in [0.3, 0.4) is 0 Å². The molecule has 92 valence electrons. The standard InChI is InChI=1S/C9H10ClN3O3S/c1-4(8(15)16)12-7(14)6-5(10)3-11-9(13-6)17-2/h3-4H,1-2H3,(H,12,14)(H,15,16)/t4-/m1/s1. The van der Waals surface area contributed by atoms with E-state index in [9.17, 15) is 9.59 Å². The highest BCUT2D eigenvalue weighted by atomic mass is 35.5. The molecule has 0 unspecified atom stereocenters. The second kappa shape index (κ2) is 5.83. The van der Waals surface area contributed by atoms with Gasteiger partial charge >= 0.3 is 5.97 Å². The minimum absolute atomic E-state index is 0.0286. The predicted molar refractivity (Wildman–Crippen MR) is 63.4 cm³/mol. The first-order valence-corrected chi connectivity index (χ1v) is 6.16. The molecule has 1 rings (SSSR count). The fourth-order valence-electron chi connectivity index (χ4n) is 0.935. The van der Waals surface area contributed by atoms with Crippen molar-refractivity contribution in [3.05, 3.63) is 16.9 Å². The molecule has 0 saturated heterocycles. The van der Waals surface area contributed by atoms with Gasteiger partial charge in [0.05, 0.1) is 11.2 Å². The maximum absolute atomic E-state index is 11.7. The molecule has 0 aliphatic rings. The Hall–Kier alpha value is -1.34. The monoisotopic (exact) mass is 275 g/mol. The third kappa shape index (κ3) is 3.57. The van der Waals surface area contributed by atoms with Crippen LogP contribution in [0, 0.1) is 0 Å². The number of aromatic nitrogens is 2. The van der Waals surface area contributed by atoms with Crippen LogP contribution >= 0.6 is 23.4 Å². The van der Waals surface area contributed by atoms with Crippen LogP contribution < -0.4 is 5.32 Å². The van der Waals surface area contributed by atoms with Gasteiger partial charge in [-0.25, -0.2) is 9.97 Å². The van der Waals surface area contributed by atoms with Crippen molar-refractivity contribution in [2.75, 3.05) is 6.26 Å². The Kier molecular flexibility index (Phi) is 4.71. The van der Waals surface area contributed by atoms with Crippen LogP contribution in [0.15, 0.2) is 11.4 Å². The molecule has 0 fully saturated rings. The van der Waals surface area contributed by atoms with Crippen LogP contribution in [-0.2, 0) is 4.79 Å². The SMILES string of the molecule is CSc1ncc(Cl)c(C(=O)N[C@H](C)C(=O)O)n1. The van der Waals surface area contributed by atoms with Crippen molar-refractivity contribution >= 4 is 35.2 Å². The van der Waals surface area contributed by atoms with Gasteiger partial charge in [0.2, 0.25) is 0 Å². The molecule has 1 heterocycles. The molecule has 1 atom stereocenters. The van der Waals surface area contributed by atoms with E-state index in [1.54, 1.807) is 6.26 Å². The summed E-state index contributed by atoms with van der Waals surface area (Å²) >= 11 is 7.03. The minimum atomic E-state index is -1.13. The average Bonchev–Trinajstić information content (AvgIpc) is 2.29. The number of carbonyl (C=O) groups is 2. The average molecular weight is 276 g/mol. The van der Waals surface area contributed by atoms with Gasteiger partial charge in [-0.1, -0.05) is 23.4 Å². The van der Waals surface area contributed by atoms with E-state index in [-0.39, 0.29) is 10.7 Å². The van der Waals surface area contributed by atoms with E-state index >= 15 is 0 Å². The topological polar surface area (TPSA) is 92.2 Å². The van der Waals surface area contributed by atoms with Crippen molar-refractivity contribution in [2.45, 2.75) is 18.1 Å². The van der Waals surface area contributed by atoms with Crippen LogP contribution in [0.4, 0.5) is 0 Å². The number of hydrogen-bond acceptors (Lipinski definition) is 5. The Balaban J connectivity index is 2.91. The Morgan fingerprint density at radius 3 is 2.76 bits per heavy atom. The normalized spacial score (nSPS) is 11.9. The first-order chi connectivity index (χ1) is 7.95. The van der Waals surface area contributed by atoms with Gasteiger partial charge in [0, 0.05) is 0 Å². The van der Waals surface area contributed by atoms with E-state index in [0.717, 1.165) is 0 Å². The highest BCUT2D eigenvalue weighted by molar-refractivity contribution is 7.98. The zero-order valence-corrected chi connectivity index (χ0v) is 10.7. The summed E-state index contributed by atoms with van der Waals surface area (Å²) in [5, 5.41) is 11.4. The number of amides is 1. The number of carboxylic acid groups (broad SMARTS) is 1. The van der Waals surface area contributed by atoms with Gasteiger partial charge in [-0.2, -0.15) is 0 Å². The van der Waals surface area contributed by atoms with Gasteiger partial charge in [0.25, 0.3) is 5.91 Å². The Morgan fingerprint density at radius 2 is 2.24 bits per heavy atom. The van der Waals surface area contributed by atoms with Crippen LogP contribution in [0.2, 0.25) is 5.02 Å². The van der Waals surface area contributed by atoms with Crippen molar-refractivity contribution in [3.63, 3.8) is 0 Å². The summed E-state index contributed by atoms with van der Waals surface area (Å²) in [4.78, 5) is 30.1. The third-order valence-corrected chi connectivity index (χ3v) is 2.68. The fraction of sp³-hybridized carbons (Fsp3) is 0.333. The molecule has 8 heteroatoms. The lowest BCUT2D eigenvalue weighted by Crippen LogP contribution is -2.38. The molecule has 6 nitrogen and oxygen atoms in total. The van der Waals surface area contributed by atoms with Gasteiger partial charge < -0.3 is 10.4 Å². The highest BCUT2D eigenvalue weighted by Gasteiger charge is 2.19. The second-order valence-electron chi connectivity index (χ2n) is 3.09. The quantitative estimate of drug-likeness (QED) is 0.630. The molecule has 1 aromatic rings. The molecule has 0 spiro atoms. The Labute approximate surface area is 107 Å². The maximum Gasteiger partial charge on any atom is 0.325 e. The molecule has 0 aliphatic carbocycles. The smallest absolute Gasteiger partial charge is 0.325 e. The van der Waals surface area contributed by atoms with Crippen LogP contribution in [0.25, 0.3) is 0 Å². The number of nitrogens with one attached hydrogen (secondary N) is 1. The molecule has 0 aromatic carbocycles. The summed E-state index contributed by atoms with van der Waals surface area (Å²) in [5.41, 5.74) is -0.0286. The van der Waals surface area contributed by atoms with Crippen molar-refractivity contribution in [1.29, 1.82) is 0 Å². The summed E-state index contributed by atoms with van der Waals surface area (Å²) < 4.78 is 0. The summed E-state index contributed by atoms with van der Waals surface area (Å²) in [6.45, 7) is 1.35. The molecule has 2 N–H and O–H groups in total. The first kappa shape index (κ1) is 13.7. The van der Waals surface area contributed by atoms with Crippen molar-refractivity contribution in [2.24, 2.45) is 0 Å². The number of carbonyl (C=O) groups excluding carboxylic acids is 1. The van der Waals surface area contributed by atoms with Gasteiger partial charge in [0.1, 0.15) is 6.04 Å².